The van der Waals surface area contributed by atoms with E-state index in [0.717, 1.165) is 17.7 Å². The number of nitrogens with one attached hydrogen (secondary N) is 1. The van der Waals surface area contributed by atoms with E-state index in [-0.39, 0.29) is 5.91 Å². The molecule has 18 heavy (non-hydrogen) atoms. The Kier molecular flexibility index (Phi) is 7.58. The second-order valence-corrected chi connectivity index (χ2v) is 5.48. The number of unbranched alkanes of at least 4 members (excludes halogenated alkanes) is 4. The molecule has 1 rings (SSSR count). The second kappa shape index (κ2) is 9.03. The van der Waals surface area contributed by atoms with Crippen LogP contribution in [-0.4, -0.2) is 5.91 Å². The second-order valence-electron chi connectivity index (χ2n) is 4.60. The fourth-order valence-corrected chi connectivity index (χ4v) is 2.27. The Balaban J connectivity index is 2.11. The van der Waals surface area contributed by atoms with Gasteiger partial charge in [0.05, 0.1) is 0 Å². The van der Waals surface area contributed by atoms with Crippen LogP contribution >= 0.6 is 11.9 Å². The molecular weight excluding hydrogens is 242 g/mol. The number of carbonyl (C=O) groups is 1. The molecule has 1 aromatic carbocycles. The van der Waals surface area contributed by atoms with Gasteiger partial charge in [0.15, 0.2) is 0 Å². The SMILES string of the molecule is CCCCCCCC(=O)NSc1ccc(C)cc1. The zero-order chi connectivity index (χ0) is 13.2. The van der Waals surface area contributed by atoms with E-state index in [0.29, 0.717) is 6.42 Å². The molecule has 0 saturated carbocycles. The zero-order valence-electron chi connectivity index (χ0n) is 11.4. The molecule has 0 aromatic heterocycles. The normalized spacial score (nSPS) is 10.3. The summed E-state index contributed by atoms with van der Waals surface area (Å²) >= 11 is 1.41. The van der Waals surface area contributed by atoms with Crippen molar-refractivity contribution >= 4 is 17.9 Å². The first-order valence-electron chi connectivity index (χ1n) is 6.74. The van der Waals surface area contributed by atoms with Gasteiger partial charge in [-0.3, -0.25) is 9.52 Å². The molecule has 0 radical (unpaired) electrons. The number of hydrogen-bond acceptors (Lipinski definition) is 2. The number of carbonyl (C=O) groups excluding carboxylic acids is 1. The van der Waals surface area contributed by atoms with Crippen LogP contribution < -0.4 is 4.72 Å². The smallest absolute Gasteiger partial charge is 0.230 e. The predicted molar refractivity (Wildman–Crippen MR) is 78.6 cm³/mol. The van der Waals surface area contributed by atoms with E-state index in [1.165, 1.54) is 36.8 Å². The van der Waals surface area contributed by atoms with Crippen molar-refractivity contribution in [2.75, 3.05) is 0 Å². The average Bonchev–Trinajstić information content (AvgIpc) is 2.38. The molecule has 100 valence electrons. The fraction of sp³-hybridized carbons (Fsp3) is 0.533. The van der Waals surface area contributed by atoms with Gasteiger partial charge in [-0.05, 0) is 37.4 Å². The van der Waals surface area contributed by atoms with Crippen molar-refractivity contribution in [3.63, 3.8) is 0 Å². The summed E-state index contributed by atoms with van der Waals surface area (Å²) in [6.07, 6.45) is 6.57. The minimum absolute atomic E-state index is 0.136. The summed E-state index contributed by atoms with van der Waals surface area (Å²) in [5.74, 6) is 0.136. The third-order valence-corrected chi connectivity index (χ3v) is 3.65. The summed E-state index contributed by atoms with van der Waals surface area (Å²) in [5.41, 5.74) is 1.24. The van der Waals surface area contributed by atoms with Gasteiger partial charge >= 0.3 is 0 Å². The van der Waals surface area contributed by atoms with Crippen LogP contribution in [0, 0.1) is 6.92 Å². The molecule has 1 N–H and O–H groups in total. The molecule has 2 nitrogen and oxygen atoms in total. The van der Waals surface area contributed by atoms with Crippen LogP contribution in [0.1, 0.15) is 51.0 Å². The Morgan fingerprint density at radius 1 is 1.11 bits per heavy atom. The third kappa shape index (κ3) is 6.70. The first-order chi connectivity index (χ1) is 8.72. The summed E-state index contributed by atoms with van der Waals surface area (Å²) in [6, 6.07) is 8.17. The first kappa shape index (κ1) is 15.1. The highest BCUT2D eigenvalue weighted by molar-refractivity contribution is 7.98. The topological polar surface area (TPSA) is 29.1 Å². The number of hydrogen-bond donors (Lipinski definition) is 1. The quantitative estimate of drug-likeness (QED) is 0.554. The summed E-state index contributed by atoms with van der Waals surface area (Å²) in [7, 11) is 0. The Hall–Kier alpha value is -0.960. The van der Waals surface area contributed by atoms with Gasteiger partial charge in [-0.1, -0.05) is 50.3 Å². The van der Waals surface area contributed by atoms with Crippen LogP contribution in [0.15, 0.2) is 29.2 Å². The largest absolute Gasteiger partial charge is 0.296 e. The van der Waals surface area contributed by atoms with Crippen LogP contribution in [0.2, 0.25) is 0 Å². The van der Waals surface area contributed by atoms with Gasteiger partial charge in [0.25, 0.3) is 0 Å². The van der Waals surface area contributed by atoms with Crippen molar-refractivity contribution in [1.82, 2.24) is 4.72 Å². The Labute approximate surface area is 115 Å². The van der Waals surface area contributed by atoms with Gasteiger partial charge < -0.3 is 0 Å². The summed E-state index contributed by atoms with van der Waals surface area (Å²) in [6.45, 7) is 4.26. The Morgan fingerprint density at radius 3 is 2.44 bits per heavy atom. The van der Waals surface area contributed by atoms with Crippen molar-refractivity contribution in [2.24, 2.45) is 0 Å². The van der Waals surface area contributed by atoms with Gasteiger partial charge in [0.2, 0.25) is 5.91 Å². The van der Waals surface area contributed by atoms with Gasteiger partial charge in [0, 0.05) is 11.3 Å². The summed E-state index contributed by atoms with van der Waals surface area (Å²) in [5, 5.41) is 0. The molecule has 0 bridgehead atoms. The molecule has 1 aromatic rings. The highest BCUT2D eigenvalue weighted by Crippen LogP contribution is 2.15. The lowest BCUT2D eigenvalue weighted by Crippen LogP contribution is -2.14. The minimum Gasteiger partial charge on any atom is -0.296 e. The third-order valence-electron chi connectivity index (χ3n) is 2.81. The van der Waals surface area contributed by atoms with Gasteiger partial charge in [0.1, 0.15) is 0 Å². The van der Waals surface area contributed by atoms with Crippen molar-refractivity contribution in [2.45, 2.75) is 57.3 Å². The standard InChI is InChI=1S/C15H23NOS/c1-3-4-5-6-7-8-15(17)16-18-14-11-9-13(2)10-12-14/h9-12H,3-8H2,1-2H3,(H,16,17). The van der Waals surface area contributed by atoms with E-state index in [1.807, 2.05) is 12.1 Å². The van der Waals surface area contributed by atoms with Crippen molar-refractivity contribution in [3.05, 3.63) is 29.8 Å². The maximum atomic E-state index is 11.6. The molecule has 0 aliphatic heterocycles. The highest BCUT2D eigenvalue weighted by Gasteiger charge is 2.01. The molecule has 0 aliphatic rings. The molecule has 1 amide bonds. The van der Waals surface area contributed by atoms with E-state index >= 15 is 0 Å². The Bertz CT molecular complexity index is 348. The maximum Gasteiger partial charge on any atom is 0.230 e. The number of aryl methyl sites for hydroxylation is 1. The molecule has 0 fully saturated rings. The van der Waals surface area contributed by atoms with Crippen LogP contribution in [-0.2, 0) is 4.79 Å². The van der Waals surface area contributed by atoms with E-state index in [4.69, 9.17) is 0 Å². The van der Waals surface area contributed by atoms with Crippen molar-refractivity contribution in [1.29, 1.82) is 0 Å². The van der Waals surface area contributed by atoms with Crippen LogP contribution in [0.25, 0.3) is 0 Å². The molecule has 0 unspecified atom stereocenters. The fourth-order valence-electron chi connectivity index (χ4n) is 1.66. The van der Waals surface area contributed by atoms with E-state index < -0.39 is 0 Å². The summed E-state index contributed by atoms with van der Waals surface area (Å²) in [4.78, 5) is 12.7. The van der Waals surface area contributed by atoms with E-state index in [2.05, 4.69) is 30.7 Å². The number of benzene rings is 1. The zero-order valence-corrected chi connectivity index (χ0v) is 12.2. The van der Waals surface area contributed by atoms with Gasteiger partial charge in [-0.2, -0.15) is 0 Å². The molecule has 0 heterocycles. The van der Waals surface area contributed by atoms with Crippen LogP contribution in [0.4, 0.5) is 0 Å². The lowest BCUT2D eigenvalue weighted by atomic mass is 10.1. The lowest BCUT2D eigenvalue weighted by molar-refractivity contribution is -0.119. The number of amides is 1. The van der Waals surface area contributed by atoms with Gasteiger partial charge in [-0.25, -0.2) is 0 Å². The molecule has 3 heteroatoms. The average molecular weight is 265 g/mol. The maximum absolute atomic E-state index is 11.6. The van der Waals surface area contributed by atoms with Gasteiger partial charge in [-0.15, -0.1) is 0 Å². The van der Waals surface area contributed by atoms with Crippen LogP contribution in [0.5, 0.6) is 0 Å². The van der Waals surface area contributed by atoms with E-state index in [1.54, 1.807) is 0 Å². The van der Waals surface area contributed by atoms with Crippen molar-refractivity contribution < 1.29 is 4.79 Å². The van der Waals surface area contributed by atoms with Crippen LogP contribution in [0.3, 0.4) is 0 Å². The molecule has 0 saturated heterocycles. The number of rotatable bonds is 8. The summed E-state index contributed by atoms with van der Waals surface area (Å²) < 4.78 is 2.89. The highest BCUT2D eigenvalue weighted by atomic mass is 32.2. The molecule has 0 spiro atoms. The van der Waals surface area contributed by atoms with Crippen molar-refractivity contribution in [3.8, 4) is 0 Å². The lowest BCUT2D eigenvalue weighted by Gasteiger charge is -2.04. The molecule has 0 aliphatic carbocycles. The first-order valence-corrected chi connectivity index (χ1v) is 7.56. The Morgan fingerprint density at radius 2 is 1.78 bits per heavy atom. The van der Waals surface area contributed by atoms with E-state index in [9.17, 15) is 4.79 Å². The predicted octanol–water partition coefficient (Wildman–Crippen LogP) is 4.48. The molecular formula is C15H23NOS. The minimum atomic E-state index is 0.136. The molecule has 0 atom stereocenters. The monoisotopic (exact) mass is 265 g/mol.